The van der Waals surface area contributed by atoms with Crippen molar-refractivity contribution < 1.29 is 9.53 Å². The van der Waals surface area contributed by atoms with Crippen molar-refractivity contribution in [2.45, 2.75) is 0 Å². The Morgan fingerprint density at radius 3 is 3.00 bits per heavy atom. The number of nitrogens with zero attached hydrogens (tertiary/aromatic N) is 1. The zero-order valence-electron chi connectivity index (χ0n) is 9.23. The van der Waals surface area contributed by atoms with Gasteiger partial charge in [0.2, 0.25) is 0 Å². The molecule has 0 unspecified atom stereocenters. The van der Waals surface area contributed by atoms with Gasteiger partial charge in [-0.05, 0) is 35.2 Å². The molecule has 0 radical (unpaired) electrons. The topological polar surface area (TPSA) is 65.9 Å². The molecule has 84 valence electrons. The van der Waals surface area contributed by atoms with Gasteiger partial charge in [0, 0.05) is 11.7 Å². The lowest BCUT2D eigenvalue weighted by Gasteiger charge is -1.97. The van der Waals surface area contributed by atoms with Crippen LogP contribution in [0.4, 0.5) is 0 Å². The molecule has 1 aromatic carbocycles. The molecular formula is C13H10N2O2. The Balaban J connectivity index is 2.43. The minimum Gasteiger partial charge on any atom is -0.465 e. The molecule has 0 aliphatic carbocycles. The van der Waals surface area contributed by atoms with Crippen LogP contribution in [0.2, 0.25) is 0 Å². The SMILES string of the molecule is COC(=O)/C(C#N)=C/c1ccc2[nH]ccc2c1. The van der Waals surface area contributed by atoms with Gasteiger partial charge in [-0.2, -0.15) is 5.26 Å². The van der Waals surface area contributed by atoms with Gasteiger partial charge < -0.3 is 9.72 Å². The lowest BCUT2D eigenvalue weighted by atomic mass is 10.1. The van der Waals surface area contributed by atoms with Gasteiger partial charge in [0.15, 0.2) is 0 Å². The van der Waals surface area contributed by atoms with Crippen molar-refractivity contribution in [1.82, 2.24) is 4.98 Å². The van der Waals surface area contributed by atoms with Crippen molar-refractivity contribution in [2.24, 2.45) is 0 Å². The Hall–Kier alpha value is -2.54. The number of carbonyl (C=O) groups is 1. The molecule has 0 atom stereocenters. The third-order valence-electron chi connectivity index (χ3n) is 2.41. The highest BCUT2D eigenvalue weighted by atomic mass is 16.5. The van der Waals surface area contributed by atoms with E-state index in [0.717, 1.165) is 16.5 Å². The monoisotopic (exact) mass is 226 g/mol. The van der Waals surface area contributed by atoms with E-state index in [2.05, 4.69) is 9.72 Å². The first kappa shape index (κ1) is 11.0. The molecule has 2 aromatic rings. The highest BCUT2D eigenvalue weighted by Gasteiger charge is 2.08. The number of benzene rings is 1. The number of H-pyrrole nitrogens is 1. The summed E-state index contributed by atoms with van der Waals surface area (Å²) in [5, 5.41) is 9.87. The summed E-state index contributed by atoms with van der Waals surface area (Å²) in [6, 6.07) is 9.37. The minimum atomic E-state index is -0.623. The number of hydrogen-bond acceptors (Lipinski definition) is 3. The Morgan fingerprint density at radius 1 is 1.47 bits per heavy atom. The molecular weight excluding hydrogens is 216 g/mol. The molecule has 1 aromatic heterocycles. The number of aromatic nitrogens is 1. The van der Waals surface area contributed by atoms with Crippen molar-refractivity contribution in [3.63, 3.8) is 0 Å². The molecule has 4 nitrogen and oxygen atoms in total. The number of fused-ring (bicyclic) bond motifs is 1. The molecule has 17 heavy (non-hydrogen) atoms. The summed E-state index contributed by atoms with van der Waals surface area (Å²) in [7, 11) is 1.25. The Morgan fingerprint density at radius 2 is 2.29 bits per heavy atom. The molecule has 2 rings (SSSR count). The lowest BCUT2D eigenvalue weighted by Crippen LogP contribution is -2.02. The third kappa shape index (κ3) is 2.18. The summed E-state index contributed by atoms with van der Waals surface area (Å²) in [6.45, 7) is 0. The molecule has 0 saturated carbocycles. The van der Waals surface area contributed by atoms with Crippen LogP contribution >= 0.6 is 0 Å². The number of nitriles is 1. The second-order valence-electron chi connectivity index (χ2n) is 3.49. The van der Waals surface area contributed by atoms with Crippen molar-refractivity contribution in [3.8, 4) is 6.07 Å². The maximum absolute atomic E-state index is 11.2. The highest BCUT2D eigenvalue weighted by molar-refractivity contribution is 5.98. The molecule has 0 bridgehead atoms. The molecule has 0 fully saturated rings. The summed E-state index contributed by atoms with van der Waals surface area (Å²) < 4.78 is 4.51. The number of ether oxygens (including phenoxy) is 1. The molecule has 1 heterocycles. The average molecular weight is 226 g/mol. The average Bonchev–Trinajstić information content (AvgIpc) is 2.82. The number of aromatic amines is 1. The highest BCUT2D eigenvalue weighted by Crippen LogP contribution is 2.16. The van der Waals surface area contributed by atoms with E-state index in [-0.39, 0.29) is 5.57 Å². The number of nitrogens with one attached hydrogen (secondary N) is 1. The van der Waals surface area contributed by atoms with Gasteiger partial charge in [-0.15, -0.1) is 0 Å². The fraction of sp³-hybridized carbons (Fsp3) is 0.0769. The van der Waals surface area contributed by atoms with Crippen LogP contribution in [0.3, 0.4) is 0 Å². The van der Waals surface area contributed by atoms with E-state index in [0.29, 0.717) is 0 Å². The molecule has 1 N–H and O–H groups in total. The van der Waals surface area contributed by atoms with Crippen molar-refractivity contribution in [3.05, 3.63) is 41.6 Å². The van der Waals surface area contributed by atoms with Crippen LogP contribution in [0.5, 0.6) is 0 Å². The van der Waals surface area contributed by atoms with E-state index in [1.54, 1.807) is 0 Å². The van der Waals surface area contributed by atoms with Gasteiger partial charge in [0.1, 0.15) is 11.6 Å². The van der Waals surface area contributed by atoms with Crippen LogP contribution in [0.25, 0.3) is 17.0 Å². The van der Waals surface area contributed by atoms with Gasteiger partial charge in [-0.25, -0.2) is 4.79 Å². The summed E-state index contributed by atoms with van der Waals surface area (Å²) in [5.41, 5.74) is 1.79. The largest absolute Gasteiger partial charge is 0.465 e. The molecule has 0 aliphatic heterocycles. The first-order chi connectivity index (χ1) is 8.24. The zero-order valence-corrected chi connectivity index (χ0v) is 9.23. The standard InChI is InChI=1S/C13H10N2O2/c1-17-13(16)11(8-14)7-9-2-3-12-10(6-9)4-5-15-12/h2-7,15H,1H3/b11-7+. The van der Waals surface area contributed by atoms with E-state index in [1.807, 2.05) is 36.5 Å². The minimum absolute atomic E-state index is 0.0117. The second kappa shape index (κ2) is 4.54. The van der Waals surface area contributed by atoms with Gasteiger partial charge in [-0.1, -0.05) is 6.07 Å². The fourth-order valence-electron chi connectivity index (χ4n) is 1.58. The second-order valence-corrected chi connectivity index (χ2v) is 3.49. The van der Waals surface area contributed by atoms with E-state index in [9.17, 15) is 4.79 Å². The van der Waals surface area contributed by atoms with Crippen molar-refractivity contribution in [2.75, 3.05) is 7.11 Å². The molecule has 0 spiro atoms. The maximum Gasteiger partial charge on any atom is 0.348 e. The molecule has 0 saturated heterocycles. The first-order valence-corrected chi connectivity index (χ1v) is 5.02. The van der Waals surface area contributed by atoms with Crippen LogP contribution in [0.1, 0.15) is 5.56 Å². The Bertz CT molecular complexity index is 632. The van der Waals surface area contributed by atoms with Crippen LogP contribution in [0.15, 0.2) is 36.0 Å². The van der Waals surface area contributed by atoms with E-state index in [1.165, 1.54) is 13.2 Å². The number of carbonyl (C=O) groups excluding carboxylic acids is 1. The van der Waals surface area contributed by atoms with E-state index < -0.39 is 5.97 Å². The van der Waals surface area contributed by atoms with Crippen LogP contribution in [0, 0.1) is 11.3 Å². The number of rotatable bonds is 2. The predicted octanol–water partition coefficient (Wildman–Crippen LogP) is 2.25. The van der Waals surface area contributed by atoms with Crippen LogP contribution in [-0.4, -0.2) is 18.1 Å². The maximum atomic E-state index is 11.2. The first-order valence-electron chi connectivity index (χ1n) is 5.02. The predicted molar refractivity (Wildman–Crippen MR) is 63.9 cm³/mol. The Labute approximate surface area is 98.1 Å². The van der Waals surface area contributed by atoms with Crippen LogP contribution in [-0.2, 0) is 9.53 Å². The van der Waals surface area contributed by atoms with Crippen molar-refractivity contribution in [1.29, 1.82) is 5.26 Å². The number of methoxy groups -OCH3 is 1. The fourth-order valence-corrected chi connectivity index (χ4v) is 1.58. The molecule has 0 aliphatic rings. The van der Waals surface area contributed by atoms with E-state index >= 15 is 0 Å². The summed E-state index contributed by atoms with van der Waals surface area (Å²) in [5.74, 6) is -0.623. The third-order valence-corrected chi connectivity index (χ3v) is 2.41. The van der Waals surface area contributed by atoms with Gasteiger partial charge in [-0.3, -0.25) is 0 Å². The van der Waals surface area contributed by atoms with Crippen molar-refractivity contribution >= 4 is 22.9 Å². The lowest BCUT2D eigenvalue weighted by molar-refractivity contribution is -0.135. The zero-order chi connectivity index (χ0) is 12.3. The summed E-state index contributed by atoms with van der Waals surface area (Å²) in [4.78, 5) is 14.3. The quantitative estimate of drug-likeness (QED) is 0.485. The normalized spacial score (nSPS) is 11.2. The molecule has 0 amide bonds. The summed E-state index contributed by atoms with van der Waals surface area (Å²) in [6.07, 6.45) is 3.35. The van der Waals surface area contributed by atoms with Gasteiger partial charge in [0.05, 0.1) is 7.11 Å². The van der Waals surface area contributed by atoms with E-state index in [4.69, 9.17) is 5.26 Å². The number of hydrogen-bond donors (Lipinski definition) is 1. The number of esters is 1. The van der Waals surface area contributed by atoms with Gasteiger partial charge >= 0.3 is 5.97 Å². The van der Waals surface area contributed by atoms with Crippen LogP contribution < -0.4 is 0 Å². The molecule has 4 heteroatoms. The smallest absolute Gasteiger partial charge is 0.348 e. The Kier molecular flexibility index (Phi) is 2.93. The van der Waals surface area contributed by atoms with Gasteiger partial charge in [0.25, 0.3) is 0 Å². The summed E-state index contributed by atoms with van der Waals surface area (Å²) >= 11 is 0.